The SMILES string of the molecule is Cc1nnc(N2CC[C@H]3C[C@H](C(=O)N4CCN(C)CC4)O[C@@H]3C2)s1. The first kappa shape index (κ1) is 16.2. The number of amides is 1. The number of rotatable bonds is 2. The first-order chi connectivity index (χ1) is 11.6. The molecule has 1 aromatic heterocycles. The largest absolute Gasteiger partial charge is 0.363 e. The van der Waals surface area contributed by atoms with E-state index in [9.17, 15) is 4.79 Å². The summed E-state index contributed by atoms with van der Waals surface area (Å²) in [5, 5.41) is 10.3. The normalized spacial score (nSPS) is 31.3. The lowest BCUT2D eigenvalue weighted by Gasteiger charge is -2.34. The van der Waals surface area contributed by atoms with Crippen LogP contribution in [0.4, 0.5) is 5.13 Å². The Morgan fingerprint density at radius 2 is 2.00 bits per heavy atom. The molecule has 3 aliphatic heterocycles. The number of hydrogen-bond acceptors (Lipinski definition) is 7. The molecule has 3 saturated heterocycles. The van der Waals surface area contributed by atoms with E-state index in [0.29, 0.717) is 5.92 Å². The number of aromatic nitrogens is 2. The molecule has 0 saturated carbocycles. The maximum Gasteiger partial charge on any atom is 0.251 e. The fourth-order valence-electron chi connectivity index (χ4n) is 3.91. The van der Waals surface area contributed by atoms with Crippen molar-refractivity contribution >= 4 is 22.4 Å². The molecule has 4 heterocycles. The van der Waals surface area contributed by atoms with E-state index in [0.717, 1.165) is 62.2 Å². The maximum absolute atomic E-state index is 12.8. The first-order valence-electron chi connectivity index (χ1n) is 8.78. The van der Waals surface area contributed by atoms with Gasteiger partial charge in [0.25, 0.3) is 5.91 Å². The summed E-state index contributed by atoms with van der Waals surface area (Å²) in [6.07, 6.45) is 1.83. The van der Waals surface area contributed by atoms with E-state index in [4.69, 9.17) is 4.74 Å². The lowest BCUT2D eigenvalue weighted by molar-refractivity contribution is -0.144. The molecule has 24 heavy (non-hydrogen) atoms. The van der Waals surface area contributed by atoms with Gasteiger partial charge in [0.15, 0.2) is 0 Å². The summed E-state index contributed by atoms with van der Waals surface area (Å²) in [4.78, 5) is 19.3. The number of ether oxygens (including phenoxy) is 1. The predicted molar refractivity (Wildman–Crippen MR) is 92.3 cm³/mol. The smallest absolute Gasteiger partial charge is 0.251 e. The van der Waals surface area contributed by atoms with Gasteiger partial charge in [0.2, 0.25) is 5.13 Å². The predicted octanol–water partition coefficient (Wildman–Crippen LogP) is 0.604. The Labute approximate surface area is 146 Å². The highest BCUT2D eigenvalue weighted by molar-refractivity contribution is 7.15. The van der Waals surface area contributed by atoms with E-state index in [1.54, 1.807) is 11.3 Å². The molecule has 0 radical (unpaired) electrons. The van der Waals surface area contributed by atoms with Gasteiger partial charge in [-0.3, -0.25) is 4.79 Å². The summed E-state index contributed by atoms with van der Waals surface area (Å²) in [7, 11) is 2.10. The topological polar surface area (TPSA) is 61.8 Å². The zero-order chi connectivity index (χ0) is 16.7. The number of carbonyl (C=O) groups is 1. The summed E-state index contributed by atoms with van der Waals surface area (Å²) in [6, 6.07) is 0. The van der Waals surface area contributed by atoms with E-state index >= 15 is 0 Å². The molecule has 0 aliphatic carbocycles. The van der Waals surface area contributed by atoms with Crippen LogP contribution in [0.2, 0.25) is 0 Å². The number of piperazine rings is 1. The molecule has 0 bridgehead atoms. The number of fused-ring (bicyclic) bond motifs is 1. The molecule has 8 heteroatoms. The Morgan fingerprint density at radius 3 is 2.71 bits per heavy atom. The van der Waals surface area contributed by atoms with Crippen LogP contribution < -0.4 is 4.90 Å². The summed E-state index contributed by atoms with van der Waals surface area (Å²) in [5.41, 5.74) is 0. The quantitative estimate of drug-likeness (QED) is 0.778. The third kappa shape index (κ3) is 3.14. The van der Waals surface area contributed by atoms with Gasteiger partial charge in [0.1, 0.15) is 11.1 Å². The van der Waals surface area contributed by atoms with Crippen molar-refractivity contribution in [2.45, 2.75) is 32.0 Å². The highest BCUT2D eigenvalue weighted by atomic mass is 32.1. The molecule has 4 rings (SSSR count). The van der Waals surface area contributed by atoms with Crippen LogP contribution in [0.25, 0.3) is 0 Å². The van der Waals surface area contributed by atoms with E-state index < -0.39 is 0 Å². The molecule has 1 amide bonds. The molecule has 3 aliphatic rings. The van der Waals surface area contributed by atoms with Crippen molar-refractivity contribution in [3.8, 4) is 0 Å². The average Bonchev–Trinajstić information content (AvgIpc) is 3.20. The molecule has 0 spiro atoms. The van der Waals surface area contributed by atoms with Gasteiger partial charge in [-0.25, -0.2) is 0 Å². The van der Waals surface area contributed by atoms with Crippen molar-refractivity contribution in [1.29, 1.82) is 0 Å². The van der Waals surface area contributed by atoms with Gasteiger partial charge in [-0.15, -0.1) is 10.2 Å². The molecular weight excluding hydrogens is 326 g/mol. The summed E-state index contributed by atoms with van der Waals surface area (Å²) in [5.74, 6) is 0.687. The number of hydrogen-bond donors (Lipinski definition) is 0. The highest BCUT2D eigenvalue weighted by Crippen LogP contribution is 2.36. The van der Waals surface area contributed by atoms with Gasteiger partial charge in [0, 0.05) is 39.3 Å². The van der Waals surface area contributed by atoms with Crippen LogP contribution in [-0.2, 0) is 9.53 Å². The van der Waals surface area contributed by atoms with Gasteiger partial charge in [-0.1, -0.05) is 11.3 Å². The van der Waals surface area contributed by atoms with Gasteiger partial charge in [-0.05, 0) is 32.7 Å². The van der Waals surface area contributed by atoms with Crippen LogP contribution in [0.5, 0.6) is 0 Å². The Kier molecular flexibility index (Phi) is 4.44. The van der Waals surface area contributed by atoms with Crippen LogP contribution in [0.1, 0.15) is 17.8 Å². The minimum atomic E-state index is -0.250. The summed E-state index contributed by atoms with van der Waals surface area (Å²) < 4.78 is 6.18. The number of carbonyl (C=O) groups excluding carboxylic acids is 1. The second-order valence-electron chi connectivity index (χ2n) is 7.13. The molecule has 3 fully saturated rings. The Bertz CT molecular complexity index is 601. The lowest BCUT2D eigenvalue weighted by atomic mass is 9.92. The molecule has 7 nitrogen and oxygen atoms in total. The molecule has 0 aromatic carbocycles. The molecule has 132 valence electrons. The number of likely N-dealkylation sites (N-methyl/N-ethyl adjacent to an activating group) is 1. The molecule has 0 unspecified atom stereocenters. The maximum atomic E-state index is 12.8. The Hall–Kier alpha value is -1.25. The third-order valence-electron chi connectivity index (χ3n) is 5.43. The zero-order valence-corrected chi connectivity index (χ0v) is 15.2. The zero-order valence-electron chi connectivity index (χ0n) is 14.3. The second-order valence-corrected chi connectivity index (χ2v) is 8.29. The van der Waals surface area contributed by atoms with E-state index in [1.165, 1.54) is 0 Å². The lowest BCUT2D eigenvalue weighted by Crippen LogP contribution is -2.50. The third-order valence-corrected chi connectivity index (χ3v) is 6.33. The van der Waals surface area contributed by atoms with Crippen LogP contribution in [0.3, 0.4) is 0 Å². The van der Waals surface area contributed by atoms with Crippen LogP contribution in [0, 0.1) is 12.8 Å². The average molecular weight is 351 g/mol. The standard InChI is InChI=1S/C16H25N5O2S/c1-11-17-18-16(24-11)21-4-3-12-9-13(23-14(12)10-21)15(22)20-7-5-19(2)6-8-20/h12-14H,3-10H2,1-2H3/t12-,13+,14+/m0/s1. The number of anilines is 1. The van der Waals surface area contributed by atoms with Crippen LogP contribution >= 0.6 is 11.3 Å². The molecular formula is C16H25N5O2S. The number of nitrogens with zero attached hydrogens (tertiary/aromatic N) is 5. The van der Waals surface area contributed by atoms with Gasteiger partial charge >= 0.3 is 0 Å². The highest BCUT2D eigenvalue weighted by Gasteiger charge is 2.43. The molecule has 1 aromatic rings. The number of aryl methyl sites for hydroxylation is 1. The minimum absolute atomic E-state index is 0.143. The number of piperidine rings is 1. The van der Waals surface area contributed by atoms with Crippen molar-refractivity contribution in [1.82, 2.24) is 20.0 Å². The van der Waals surface area contributed by atoms with Gasteiger partial charge in [0.05, 0.1) is 6.10 Å². The Balaban J connectivity index is 1.36. The fourth-order valence-corrected chi connectivity index (χ4v) is 4.63. The van der Waals surface area contributed by atoms with Crippen molar-refractivity contribution in [2.24, 2.45) is 5.92 Å². The van der Waals surface area contributed by atoms with E-state index in [1.807, 2.05) is 11.8 Å². The Morgan fingerprint density at radius 1 is 1.21 bits per heavy atom. The molecule has 0 N–H and O–H groups in total. The monoisotopic (exact) mass is 351 g/mol. The first-order valence-corrected chi connectivity index (χ1v) is 9.59. The van der Waals surface area contributed by atoms with Crippen molar-refractivity contribution < 1.29 is 9.53 Å². The summed E-state index contributed by atoms with van der Waals surface area (Å²) >= 11 is 1.63. The fraction of sp³-hybridized carbons (Fsp3) is 0.812. The van der Waals surface area contributed by atoms with Gasteiger partial charge < -0.3 is 19.4 Å². The van der Waals surface area contributed by atoms with E-state index in [-0.39, 0.29) is 18.1 Å². The molecule has 3 atom stereocenters. The van der Waals surface area contributed by atoms with E-state index in [2.05, 4.69) is 27.0 Å². The summed E-state index contributed by atoms with van der Waals surface area (Å²) in [6.45, 7) is 7.33. The van der Waals surface area contributed by atoms with Crippen LogP contribution in [-0.4, -0.2) is 84.4 Å². The van der Waals surface area contributed by atoms with Crippen LogP contribution in [0.15, 0.2) is 0 Å². The van der Waals surface area contributed by atoms with Crippen molar-refractivity contribution in [3.05, 3.63) is 5.01 Å². The van der Waals surface area contributed by atoms with Gasteiger partial charge in [-0.2, -0.15) is 0 Å². The van der Waals surface area contributed by atoms with Crippen molar-refractivity contribution in [3.63, 3.8) is 0 Å². The second kappa shape index (κ2) is 6.57. The van der Waals surface area contributed by atoms with Crippen molar-refractivity contribution in [2.75, 3.05) is 51.2 Å². The minimum Gasteiger partial charge on any atom is -0.363 e.